The standard InChI is InChI=1S/C18H32O4/c1-3-13-9-21-17(13)11-19-15-6-5-7-16(8-15)20-12-18-14(4-2)10-22-18/h13-18H,3-12H2,1-2H3. The molecule has 1 aliphatic carbocycles. The molecule has 6 atom stereocenters. The molecule has 0 aromatic heterocycles. The first-order valence-corrected chi connectivity index (χ1v) is 9.26. The van der Waals surface area contributed by atoms with Crippen molar-refractivity contribution in [2.24, 2.45) is 11.8 Å². The van der Waals surface area contributed by atoms with Crippen LogP contribution in [0.1, 0.15) is 52.4 Å². The lowest BCUT2D eigenvalue weighted by atomic mass is 9.93. The molecule has 0 spiro atoms. The van der Waals surface area contributed by atoms with Gasteiger partial charge in [-0.1, -0.05) is 13.8 Å². The predicted octanol–water partition coefficient (Wildman–Crippen LogP) is 3.18. The molecule has 6 unspecified atom stereocenters. The third-order valence-electron chi connectivity index (χ3n) is 5.72. The average molecular weight is 312 g/mol. The maximum absolute atomic E-state index is 6.10. The Bertz CT molecular complexity index is 301. The van der Waals surface area contributed by atoms with Crippen LogP contribution in [-0.4, -0.2) is 50.8 Å². The van der Waals surface area contributed by atoms with Gasteiger partial charge in [-0.15, -0.1) is 0 Å². The monoisotopic (exact) mass is 312 g/mol. The fraction of sp³-hybridized carbons (Fsp3) is 1.00. The third kappa shape index (κ3) is 4.02. The zero-order chi connectivity index (χ0) is 15.4. The number of hydrogen-bond donors (Lipinski definition) is 0. The molecule has 2 heterocycles. The molecule has 4 heteroatoms. The minimum atomic E-state index is 0.333. The highest BCUT2D eigenvalue weighted by Gasteiger charge is 2.34. The topological polar surface area (TPSA) is 36.9 Å². The largest absolute Gasteiger partial charge is 0.375 e. The number of rotatable bonds is 8. The lowest BCUT2D eigenvalue weighted by Gasteiger charge is -2.39. The minimum Gasteiger partial charge on any atom is -0.375 e. The summed E-state index contributed by atoms with van der Waals surface area (Å²) in [6, 6.07) is 0. The van der Waals surface area contributed by atoms with Gasteiger partial charge in [0.25, 0.3) is 0 Å². The van der Waals surface area contributed by atoms with E-state index in [-0.39, 0.29) is 0 Å². The maximum atomic E-state index is 6.10. The summed E-state index contributed by atoms with van der Waals surface area (Å²) in [6.45, 7) is 7.83. The van der Waals surface area contributed by atoms with Crippen molar-refractivity contribution in [3.63, 3.8) is 0 Å². The molecule has 0 radical (unpaired) electrons. The van der Waals surface area contributed by atoms with Crippen molar-refractivity contribution in [1.82, 2.24) is 0 Å². The van der Waals surface area contributed by atoms with Gasteiger partial charge in [-0.05, 0) is 38.5 Å². The van der Waals surface area contributed by atoms with Crippen LogP contribution in [0.2, 0.25) is 0 Å². The summed E-state index contributed by atoms with van der Waals surface area (Å²) >= 11 is 0. The van der Waals surface area contributed by atoms with E-state index in [4.69, 9.17) is 18.9 Å². The van der Waals surface area contributed by atoms with E-state index in [1.54, 1.807) is 0 Å². The normalized spacial score (nSPS) is 41.7. The van der Waals surface area contributed by atoms with Gasteiger partial charge in [-0.25, -0.2) is 0 Å². The van der Waals surface area contributed by atoms with E-state index >= 15 is 0 Å². The van der Waals surface area contributed by atoms with Crippen molar-refractivity contribution >= 4 is 0 Å². The fourth-order valence-corrected chi connectivity index (χ4v) is 3.73. The van der Waals surface area contributed by atoms with E-state index < -0.39 is 0 Å². The number of hydrogen-bond acceptors (Lipinski definition) is 4. The first-order chi connectivity index (χ1) is 10.8. The molecule has 0 N–H and O–H groups in total. The Morgan fingerprint density at radius 2 is 1.32 bits per heavy atom. The van der Waals surface area contributed by atoms with Crippen LogP contribution in [0.5, 0.6) is 0 Å². The molecule has 3 rings (SSSR count). The Morgan fingerprint density at radius 3 is 1.68 bits per heavy atom. The van der Waals surface area contributed by atoms with Crippen molar-refractivity contribution in [3.8, 4) is 0 Å². The molecule has 128 valence electrons. The molecule has 1 saturated carbocycles. The predicted molar refractivity (Wildman–Crippen MR) is 85.0 cm³/mol. The summed E-state index contributed by atoms with van der Waals surface area (Å²) < 4.78 is 23.4. The SMILES string of the molecule is CCC1COC1COC1CCCC(OCC2OCC2CC)C1. The Kier molecular flexibility index (Phi) is 6.14. The minimum absolute atomic E-state index is 0.333. The van der Waals surface area contributed by atoms with Crippen LogP contribution >= 0.6 is 0 Å². The van der Waals surface area contributed by atoms with Gasteiger partial charge >= 0.3 is 0 Å². The fourth-order valence-electron chi connectivity index (χ4n) is 3.73. The zero-order valence-electron chi connectivity index (χ0n) is 14.2. The smallest absolute Gasteiger partial charge is 0.0858 e. The Balaban J connectivity index is 1.33. The first-order valence-electron chi connectivity index (χ1n) is 9.26. The highest BCUT2D eigenvalue weighted by atomic mass is 16.6. The second-order valence-electron chi connectivity index (χ2n) is 7.16. The van der Waals surface area contributed by atoms with Gasteiger partial charge in [0, 0.05) is 11.8 Å². The van der Waals surface area contributed by atoms with E-state index in [0.29, 0.717) is 36.3 Å². The van der Waals surface area contributed by atoms with Gasteiger partial charge < -0.3 is 18.9 Å². The van der Waals surface area contributed by atoms with Crippen LogP contribution < -0.4 is 0 Å². The quantitative estimate of drug-likeness (QED) is 0.690. The molecular formula is C18H32O4. The number of ether oxygens (including phenoxy) is 4. The van der Waals surface area contributed by atoms with E-state index in [2.05, 4.69) is 13.8 Å². The summed E-state index contributed by atoms with van der Waals surface area (Å²) in [7, 11) is 0. The molecule has 0 bridgehead atoms. The van der Waals surface area contributed by atoms with Gasteiger partial charge in [0.1, 0.15) is 0 Å². The van der Waals surface area contributed by atoms with Crippen molar-refractivity contribution in [1.29, 1.82) is 0 Å². The highest BCUT2D eigenvalue weighted by molar-refractivity contribution is 4.81. The highest BCUT2D eigenvalue weighted by Crippen LogP contribution is 2.29. The Morgan fingerprint density at radius 1 is 0.818 bits per heavy atom. The molecule has 2 aliphatic heterocycles. The second kappa shape index (κ2) is 8.09. The summed E-state index contributed by atoms with van der Waals surface area (Å²) in [5.74, 6) is 1.41. The van der Waals surface area contributed by atoms with Crippen molar-refractivity contribution in [2.45, 2.75) is 76.8 Å². The van der Waals surface area contributed by atoms with Crippen molar-refractivity contribution in [2.75, 3.05) is 26.4 Å². The van der Waals surface area contributed by atoms with Crippen LogP contribution in [0.3, 0.4) is 0 Å². The van der Waals surface area contributed by atoms with Crippen LogP contribution in [0.25, 0.3) is 0 Å². The molecule has 22 heavy (non-hydrogen) atoms. The molecule has 3 aliphatic rings. The zero-order valence-corrected chi connectivity index (χ0v) is 14.2. The van der Waals surface area contributed by atoms with Gasteiger partial charge in [0.2, 0.25) is 0 Å². The lowest BCUT2D eigenvalue weighted by Crippen LogP contribution is -2.45. The van der Waals surface area contributed by atoms with E-state index in [1.807, 2.05) is 0 Å². The van der Waals surface area contributed by atoms with Crippen LogP contribution in [-0.2, 0) is 18.9 Å². The van der Waals surface area contributed by atoms with Gasteiger partial charge in [-0.3, -0.25) is 0 Å². The van der Waals surface area contributed by atoms with Gasteiger partial charge in [-0.2, -0.15) is 0 Å². The van der Waals surface area contributed by atoms with Crippen molar-refractivity contribution < 1.29 is 18.9 Å². The summed E-state index contributed by atoms with van der Waals surface area (Å²) in [4.78, 5) is 0. The van der Waals surface area contributed by atoms with E-state index in [0.717, 1.165) is 32.8 Å². The molecule has 2 saturated heterocycles. The van der Waals surface area contributed by atoms with Gasteiger partial charge in [0.05, 0.1) is 50.8 Å². The molecule has 0 aromatic rings. The van der Waals surface area contributed by atoms with Gasteiger partial charge in [0.15, 0.2) is 0 Å². The van der Waals surface area contributed by atoms with Crippen LogP contribution in [0, 0.1) is 11.8 Å². The molecule has 4 nitrogen and oxygen atoms in total. The Labute approximate surface area is 134 Å². The average Bonchev–Trinajstić information content (AvgIpc) is 2.47. The lowest BCUT2D eigenvalue weighted by molar-refractivity contribution is -0.175. The van der Waals surface area contributed by atoms with Crippen LogP contribution in [0.4, 0.5) is 0 Å². The maximum Gasteiger partial charge on any atom is 0.0858 e. The molecular weight excluding hydrogens is 280 g/mol. The first kappa shape index (κ1) is 16.7. The second-order valence-corrected chi connectivity index (χ2v) is 7.16. The summed E-state index contributed by atoms with van der Waals surface area (Å²) in [6.07, 6.45) is 8.35. The molecule has 0 amide bonds. The Hall–Kier alpha value is -0.160. The van der Waals surface area contributed by atoms with E-state index in [1.165, 1.54) is 32.1 Å². The summed E-state index contributed by atoms with van der Waals surface area (Å²) in [5.41, 5.74) is 0. The molecule has 3 fully saturated rings. The van der Waals surface area contributed by atoms with E-state index in [9.17, 15) is 0 Å². The van der Waals surface area contributed by atoms with Crippen molar-refractivity contribution in [3.05, 3.63) is 0 Å². The third-order valence-corrected chi connectivity index (χ3v) is 5.72. The molecule has 0 aromatic carbocycles. The van der Waals surface area contributed by atoms with Crippen LogP contribution in [0.15, 0.2) is 0 Å². The summed E-state index contributed by atoms with van der Waals surface area (Å²) in [5, 5.41) is 0.